The first-order valence-corrected chi connectivity index (χ1v) is 6.82. The van der Waals surface area contributed by atoms with Crippen molar-refractivity contribution in [2.45, 2.75) is 31.8 Å². The van der Waals surface area contributed by atoms with E-state index in [1.807, 2.05) is 0 Å². The molecule has 18 heavy (non-hydrogen) atoms. The van der Waals surface area contributed by atoms with Crippen molar-refractivity contribution in [1.29, 1.82) is 0 Å². The first-order valence-electron chi connectivity index (χ1n) is 6.41. The van der Waals surface area contributed by atoms with E-state index < -0.39 is 5.41 Å². The van der Waals surface area contributed by atoms with Crippen LogP contribution >= 0.6 is 12.2 Å². The van der Waals surface area contributed by atoms with E-state index in [1.165, 1.54) is 0 Å². The van der Waals surface area contributed by atoms with Gasteiger partial charge in [-0.05, 0) is 25.7 Å². The molecule has 5 nitrogen and oxygen atoms in total. The normalized spacial score (nSPS) is 24.8. The molecule has 2 aliphatic rings. The fourth-order valence-electron chi connectivity index (χ4n) is 2.66. The number of carbonyl (C=O) groups excluding carboxylic acids is 1. The van der Waals surface area contributed by atoms with Crippen molar-refractivity contribution in [2.75, 3.05) is 26.3 Å². The molecule has 0 bridgehead atoms. The van der Waals surface area contributed by atoms with Gasteiger partial charge in [-0.2, -0.15) is 0 Å². The molecular formula is C12H20N2O3S. The molecule has 0 aliphatic carbocycles. The summed E-state index contributed by atoms with van der Waals surface area (Å²) < 4.78 is 5.30. The summed E-state index contributed by atoms with van der Waals surface area (Å²) >= 11 is 5.12. The predicted octanol–water partition coefficient (Wildman–Crippen LogP) is 0.0526. The van der Waals surface area contributed by atoms with Crippen molar-refractivity contribution in [1.82, 2.24) is 4.90 Å². The highest BCUT2D eigenvalue weighted by molar-refractivity contribution is 7.80. The number of amides is 1. The van der Waals surface area contributed by atoms with Crippen LogP contribution in [0, 0.1) is 5.41 Å². The van der Waals surface area contributed by atoms with Gasteiger partial charge in [0.2, 0.25) is 5.91 Å². The molecule has 2 saturated heterocycles. The number of thiocarbonyl (C=S) groups is 1. The van der Waals surface area contributed by atoms with Crippen LogP contribution in [0.15, 0.2) is 0 Å². The van der Waals surface area contributed by atoms with E-state index in [2.05, 4.69) is 0 Å². The minimum atomic E-state index is -0.726. The van der Waals surface area contributed by atoms with Crippen LogP contribution in [0.5, 0.6) is 0 Å². The number of piperidine rings is 1. The van der Waals surface area contributed by atoms with E-state index in [0.29, 0.717) is 52.0 Å². The van der Waals surface area contributed by atoms with Crippen LogP contribution in [-0.2, 0) is 9.53 Å². The lowest BCUT2D eigenvalue weighted by Gasteiger charge is -2.40. The molecule has 0 spiro atoms. The maximum Gasteiger partial charge on any atom is 0.235 e. The Balaban J connectivity index is 2.11. The number of ether oxygens (including phenoxy) is 1. The molecule has 0 atom stereocenters. The van der Waals surface area contributed by atoms with Crippen LogP contribution in [-0.4, -0.2) is 53.3 Å². The van der Waals surface area contributed by atoms with Gasteiger partial charge in [0, 0.05) is 26.3 Å². The molecule has 2 heterocycles. The topological polar surface area (TPSA) is 75.8 Å². The largest absolute Gasteiger partial charge is 0.393 e. The maximum atomic E-state index is 12.6. The second-order valence-electron chi connectivity index (χ2n) is 5.08. The van der Waals surface area contributed by atoms with Crippen molar-refractivity contribution in [2.24, 2.45) is 11.1 Å². The van der Waals surface area contributed by atoms with Crippen molar-refractivity contribution < 1.29 is 14.6 Å². The van der Waals surface area contributed by atoms with Crippen LogP contribution in [0.1, 0.15) is 25.7 Å². The lowest BCUT2D eigenvalue weighted by atomic mass is 9.78. The Morgan fingerprint density at radius 3 is 2.39 bits per heavy atom. The summed E-state index contributed by atoms with van der Waals surface area (Å²) in [6.07, 6.45) is 2.12. The number of rotatable bonds is 2. The number of hydrogen-bond donors (Lipinski definition) is 2. The molecule has 0 aromatic carbocycles. The zero-order valence-electron chi connectivity index (χ0n) is 10.4. The molecule has 102 valence electrons. The fourth-order valence-corrected chi connectivity index (χ4v) is 2.95. The Morgan fingerprint density at radius 2 is 1.89 bits per heavy atom. The van der Waals surface area contributed by atoms with E-state index in [0.717, 1.165) is 0 Å². The summed E-state index contributed by atoms with van der Waals surface area (Å²) in [4.78, 5) is 14.7. The standard InChI is InChI=1S/C12H20N2O3S/c13-10(18)12(3-7-17-8-4-12)11(16)14-5-1-9(15)2-6-14/h9,15H,1-8H2,(H2,13,18). The van der Waals surface area contributed by atoms with Crippen LogP contribution < -0.4 is 5.73 Å². The Hall–Kier alpha value is -0.720. The first-order chi connectivity index (χ1) is 8.56. The third-order valence-electron chi connectivity index (χ3n) is 3.98. The molecule has 2 fully saturated rings. The third-order valence-corrected chi connectivity index (χ3v) is 4.37. The van der Waals surface area contributed by atoms with Crippen LogP contribution in [0.4, 0.5) is 0 Å². The number of carbonyl (C=O) groups is 1. The van der Waals surface area contributed by atoms with Crippen LogP contribution in [0.2, 0.25) is 0 Å². The zero-order valence-corrected chi connectivity index (χ0v) is 11.2. The Labute approximate surface area is 112 Å². The van der Waals surface area contributed by atoms with Gasteiger partial charge >= 0.3 is 0 Å². The minimum Gasteiger partial charge on any atom is -0.393 e. The van der Waals surface area contributed by atoms with Gasteiger partial charge in [-0.15, -0.1) is 0 Å². The van der Waals surface area contributed by atoms with Crippen molar-refractivity contribution >= 4 is 23.1 Å². The average molecular weight is 272 g/mol. The fraction of sp³-hybridized carbons (Fsp3) is 0.833. The Kier molecular flexibility index (Phi) is 4.19. The number of aliphatic hydroxyl groups is 1. The second-order valence-corrected chi connectivity index (χ2v) is 5.52. The molecule has 0 saturated carbocycles. The quantitative estimate of drug-likeness (QED) is 0.695. The predicted molar refractivity (Wildman–Crippen MR) is 71.1 cm³/mol. The number of nitrogens with zero attached hydrogens (tertiary/aromatic N) is 1. The van der Waals surface area contributed by atoms with Gasteiger partial charge in [-0.25, -0.2) is 0 Å². The van der Waals surface area contributed by atoms with Crippen molar-refractivity contribution in [3.05, 3.63) is 0 Å². The second kappa shape index (κ2) is 5.50. The van der Waals surface area contributed by atoms with E-state index in [1.54, 1.807) is 4.90 Å². The molecule has 2 rings (SSSR count). The lowest BCUT2D eigenvalue weighted by Crippen LogP contribution is -2.55. The number of hydrogen-bond acceptors (Lipinski definition) is 4. The Bertz CT molecular complexity index is 334. The highest BCUT2D eigenvalue weighted by atomic mass is 32.1. The van der Waals surface area contributed by atoms with E-state index >= 15 is 0 Å². The van der Waals surface area contributed by atoms with Gasteiger partial charge in [0.1, 0.15) is 5.41 Å². The highest BCUT2D eigenvalue weighted by Gasteiger charge is 2.45. The Morgan fingerprint density at radius 1 is 1.33 bits per heavy atom. The number of likely N-dealkylation sites (tertiary alicyclic amines) is 1. The summed E-state index contributed by atoms with van der Waals surface area (Å²) in [6.45, 7) is 2.23. The zero-order chi connectivity index (χ0) is 13.2. The highest BCUT2D eigenvalue weighted by Crippen LogP contribution is 2.34. The summed E-state index contributed by atoms with van der Waals surface area (Å²) in [5.41, 5.74) is 5.09. The molecule has 0 unspecified atom stereocenters. The molecule has 0 radical (unpaired) electrons. The first kappa shape index (κ1) is 13.7. The summed E-state index contributed by atoms with van der Waals surface area (Å²) in [7, 11) is 0. The lowest BCUT2D eigenvalue weighted by molar-refractivity contribution is -0.144. The van der Waals surface area contributed by atoms with Gasteiger partial charge < -0.3 is 20.5 Å². The molecule has 1 amide bonds. The monoisotopic (exact) mass is 272 g/mol. The van der Waals surface area contributed by atoms with Gasteiger partial charge in [0.15, 0.2) is 0 Å². The van der Waals surface area contributed by atoms with E-state index in [4.69, 9.17) is 22.7 Å². The minimum absolute atomic E-state index is 0.0187. The average Bonchev–Trinajstić information content (AvgIpc) is 2.39. The summed E-state index contributed by atoms with van der Waals surface area (Å²) in [5, 5.41) is 9.48. The van der Waals surface area contributed by atoms with Crippen molar-refractivity contribution in [3.63, 3.8) is 0 Å². The molecular weight excluding hydrogens is 252 g/mol. The van der Waals surface area contributed by atoms with Crippen LogP contribution in [0.25, 0.3) is 0 Å². The van der Waals surface area contributed by atoms with Gasteiger partial charge in [-0.1, -0.05) is 12.2 Å². The third kappa shape index (κ3) is 2.50. The maximum absolute atomic E-state index is 12.6. The van der Waals surface area contributed by atoms with Gasteiger partial charge in [0.25, 0.3) is 0 Å². The molecule has 0 aromatic rings. The molecule has 0 aromatic heterocycles. The SMILES string of the molecule is NC(=S)C1(C(=O)N2CCC(O)CC2)CCOCC1. The van der Waals surface area contributed by atoms with E-state index in [-0.39, 0.29) is 17.0 Å². The summed E-state index contributed by atoms with van der Waals surface area (Å²) in [6, 6.07) is 0. The molecule has 6 heteroatoms. The van der Waals surface area contributed by atoms with Crippen LogP contribution in [0.3, 0.4) is 0 Å². The molecule has 3 N–H and O–H groups in total. The molecule has 2 aliphatic heterocycles. The smallest absolute Gasteiger partial charge is 0.235 e. The summed E-state index contributed by atoms with van der Waals surface area (Å²) in [5.74, 6) is 0.0187. The number of nitrogens with two attached hydrogens (primary N) is 1. The van der Waals surface area contributed by atoms with Crippen molar-refractivity contribution in [3.8, 4) is 0 Å². The van der Waals surface area contributed by atoms with Gasteiger partial charge in [0.05, 0.1) is 11.1 Å². The number of aliphatic hydroxyl groups excluding tert-OH is 1. The van der Waals surface area contributed by atoms with E-state index in [9.17, 15) is 9.90 Å². The van der Waals surface area contributed by atoms with Gasteiger partial charge in [-0.3, -0.25) is 4.79 Å².